The molecule has 25 nitrogen and oxygen atoms in total. The van der Waals surface area contributed by atoms with Crippen LogP contribution in [0.25, 0.3) is 0 Å². The predicted molar refractivity (Wildman–Crippen MR) is 324 cm³/mol. The fourth-order valence-corrected chi connectivity index (χ4v) is 6.81. The van der Waals surface area contributed by atoms with Gasteiger partial charge in [-0.15, -0.1) is 0 Å². The van der Waals surface area contributed by atoms with Gasteiger partial charge in [0.25, 0.3) is 0 Å². The van der Waals surface area contributed by atoms with Gasteiger partial charge in [0.15, 0.2) is 23.0 Å². The topological polar surface area (TPSA) is 432 Å². The molecular weight excluding hydrogens is 1370 g/mol. The standard InChI is InChI=1S/2C9H12O3.C9H12O2.C8H10O3.C8H10O2.C7H8O3.C7H8O2.C6H6O3.CH4.4O.4V/c2*1-2-3-4-8-9(11)7(10)5-6-12-8;1-6(2)7-4-3-5-8(10)9(7)11;1-5(2)8-7(10)6(9)3-4-11-8;1-2-6-4-3-5-7(9)8(6)10;1-2-6-7(9)5(8)3-4-10-6;1-5-3-2-4-6(8)7(5)9;1-4-6(8)5(7)2-3-9-4;;;;;;;;;/h2*5-6,11H,2-4H2,1H3;3,5-6,11H,4H2,1-2H3;3-5,10H,1-2H3;3,5,10H,2,4H2,1H3;3-4,9H,2H2,1H3;2,4,9H,3H2,1H3;2-3,8H,1H3;1H4;;;;;;;;. The van der Waals surface area contributed by atoms with Crippen LogP contribution < -0.4 is 27.1 Å². The zero-order chi connectivity index (χ0) is 71.6. The van der Waals surface area contributed by atoms with E-state index in [0.717, 1.165) is 118 Å². The van der Waals surface area contributed by atoms with E-state index in [1.54, 1.807) is 32.1 Å². The Bertz CT molecular complexity index is 3470. The number of aromatic hydroxyl groups is 5. The van der Waals surface area contributed by atoms with Crippen molar-refractivity contribution < 1.29 is 161 Å². The second-order valence-corrected chi connectivity index (χ2v) is 18.9. The average molecular weight is 1460 g/mol. The van der Waals surface area contributed by atoms with E-state index in [9.17, 15) is 53.7 Å². The minimum atomic E-state index is -0.404. The first-order valence-electron chi connectivity index (χ1n) is 27.7. The SMILES string of the molecule is C.CC(C)C1=C(O)C(=O)C=CC1.CC(C)c1occc(=O)c1O.CC1=C(O)C(=O)C=CC1.CCC1=C(O)C(=O)C=CC1.CCCCc1occc(=O)c1O.CCCCc1occc(=O)c1O.CCc1occc(=O)c1O.Cc1occc(=O)c1O.[O]=[V].[O]=[V].[O]=[V].[O]=[V]. The fraction of sp³-hybridized carbons (Fsp3) is 0.375. The first-order valence-corrected chi connectivity index (χ1v) is 30.0. The van der Waals surface area contributed by atoms with Gasteiger partial charge in [-0.1, -0.05) is 93.9 Å². The van der Waals surface area contributed by atoms with Gasteiger partial charge < -0.3 is 62.9 Å². The van der Waals surface area contributed by atoms with Crippen molar-refractivity contribution in [3.8, 4) is 28.7 Å². The zero-order valence-electron chi connectivity index (χ0n) is 52.5. The van der Waals surface area contributed by atoms with Crippen LogP contribution in [0.2, 0.25) is 0 Å². The monoisotopic (exact) mass is 1450 g/mol. The molecule has 0 aromatic carbocycles. The molecule has 0 unspecified atom stereocenters. The van der Waals surface area contributed by atoms with E-state index in [1.807, 2.05) is 48.5 Å². The Labute approximate surface area is 574 Å². The minimum absolute atomic E-state index is 0. The van der Waals surface area contributed by atoms with Gasteiger partial charge in [0.1, 0.15) is 23.0 Å². The van der Waals surface area contributed by atoms with Crippen LogP contribution in [0, 0.1) is 12.8 Å². The molecular formula is C64H82O25V4. The van der Waals surface area contributed by atoms with E-state index in [2.05, 4.69) is 4.42 Å². The van der Waals surface area contributed by atoms with E-state index in [1.165, 1.54) is 86.8 Å². The Morgan fingerprint density at radius 3 is 1.06 bits per heavy atom. The van der Waals surface area contributed by atoms with E-state index >= 15 is 0 Å². The molecule has 0 aliphatic heterocycles. The normalized spacial score (nSPS) is 11.9. The second kappa shape index (κ2) is 55.7. The summed E-state index contributed by atoms with van der Waals surface area (Å²) < 4.78 is 57.2. The number of carbonyl (C=O) groups is 3. The number of ketones is 3. The molecule has 0 fully saturated rings. The number of unbranched alkanes of at least 4 members (excludes halogenated alkanes) is 2. The van der Waals surface area contributed by atoms with Crippen molar-refractivity contribution in [1.82, 2.24) is 0 Å². The predicted octanol–water partition coefficient (Wildman–Crippen LogP) is 11.6. The number of hydrogen-bond donors (Lipinski definition) is 8. The van der Waals surface area contributed by atoms with Gasteiger partial charge in [0, 0.05) is 55.5 Å². The van der Waals surface area contributed by atoms with Crippen LogP contribution in [0.5, 0.6) is 28.7 Å². The van der Waals surface area contributed by atoms with Gasteiger partial charge in [-0.05, 0) is 93.2 Å². The molecule has 29 heteroatoms. The molecule has 5 aromatic rings. The quantitative estimate of drug-likeness (QED) is 0.0644. The Morgan fingerprint density at radius 1 is 0.409 bits per heavy atom. The van der Waals surface area contributed by atoms with E-state index in [0.29, 0.717) is 61.6 Å². The molecule has 3 aliphatic carbocycles. The van der Waals surface area contributed by atoms with Crippen LogP contribution in [-0.2, 0) is 118 Å². The molecule has 8 rings (SSSR count). The molecule has 0 atom stereocenters. The van der Waals surface area contributed by atoms with Crippen molar-refractivity contribution in [2.75, 3.05) is 0 Å². The number of carbonyl (C=O) groups excluding carboxylic acids is 3. The molecule has 0 spiro atoms. The van der Waals surface area contributed by atoms with Gasteiger partial charge in [0.05, 0.1) is 31.3 Å². The number of allylic oxidation sites excluding steroid dienone is 9. The number of aryl methyl sites for hydroxylation is 4. The molecule has 0 saturated carbocycles. The number of aliphatic hydroxyl groups excluding tert-OH is 3. The van der Waals surface area contributed by atoms with Crippen molar-refractivity contribution in [1.29, 1.82) is 0 Å². The number of rotatable bonds is 10. The molecule has 8 N–H and O–H groups in total. The zero-order valence-corrected chi connectivity index (χ0v) is 58.1. The summed E-state index contributed by atoms with van der Waals surface area (Å²) in [5.41, 5.74) is 0.522. The molecule has 0 bridgehead atoms. The summed E-state index contributed by atoms with van der Waals surface area (Å²) in [5, 5.41) is 72.7. The van der Waals surface area contributed by atoms with Crippen LogP contribution in [0.3, 0.4) is 0 Å². The maximum absolute atomic E-state index is 10.9. The molecule has 0 saturated heterocycles. The third-order valence-corrected chi connectivity index (χ3v) is 11.9. The van der Waals surface area contributed by atoms with Crippen LogP contribution in [0.4, 0.5) is 0 Å². The van der Waals surface area contributed by atoms with E-state index in [-0.39, 0.29) is 110 Å². The molecule has 5 aromatic heterocycles. The summed E-state index contributed by atoms with van der Waals surface area (Å²) in [6, 6.07) is 5.98. The third-order valence-electron chi connectivity index (χ3n) is 11.9. The van der Waals surface area contributed by atoms with E-state index < -0.39 is 5.43 Å². The van der Waals surface area contributed by atoms with E-state index in [4.69, 9.17) is 57.9 Å². The summed E-state index contributed by atoms with van der Waals surface area (Å²) in [5.74, 6) is -0.331. The summed E-state index contributed by atoms with van der Waals surface area (Å²) in [4.78, 5) is 86.1. The van der Waals surface area contributed by atoms with Gasteiger partial charge in [0.2, 0.25) is 73.2 Å². The Hall–Kier alpha value is -7.86. The van der Waals surface area contributed by atoms with Crippen LogP contribution in [0.15, 0.2) is 178 Å². The third kappa shape index (κ3) is 36.8. The number of aliphatic hydroxyl groups is 3. The van der Waals surface area contributed by atoms with Gasteiger partial charge in [-0.2, -0.15) is 0 Å². The summed E-state index contributed by atoms with van der Waals surface area (Å²) >= 11 is 4.25. The molecule has 508 valence electrons. The van der Waals surface area contributed by atoms with Crippen LogP contribution >= 0.6 is 0 Å². The molecule has 5 heterocycles. The molecule has 93 heavy (non-hydrogen) atoms. The second-order valence-electron chi connectivity index (χ2n) is 18.9. The Morgan fingerprint density at radius 2 is 0.753 bits per heavy atom. The van der Waals surface area contributed by atoms with Crippen LogP contribution in [0.1, 0.15) is 156 Å². The molecule has 0 radical (unpaired) electrons. The average Bonchev–Trinajstić information content (AvgIpc) is 1.18. The molecule has 0 amide bonds. The maximum atomic E-state index is 10.9. The van der Waals surface area contributed by atoms with Gasteiger partial charge in [-0.25, -0.2) is 0 Å². The Kier molecular flexibility index (Phi) is 56.3. The fourth-order valence-electron chi connectivity index (χ4n) is 6.81. The summed E-state index contributed by atoms with van der Waals surface area (Å²) in [6.07, 6.45) is 24.5. The van der Waals surface area contributed by atoms with Crippen molar-refractivity contribution in [3.63, 3.8) is 0 Å². The van der Waals surface area contributed by atoms with Gasteiger partial charge >= 0.3 is 84.2 Å². The van der Waals surface area contributed by atoms with Crippen molar-refractivity contribution in [2.45, 2.75) is 153 Å². The first kappa shape index (κ1) is 93.8. The van der Waals surface area contributed by atoms with Crippen LogP contribution in [-0.4, -0.2) is 58.2 Å². The number of hydrogen-bond acceptors (Lipinski definition) is 25. The van der Waals surface area contributed by atoms with Crippen molar-refractivity contribution >= 4 is 17.3 Å². The van der Waals surface area contributed by atoms with Gasteiger partial charge in [-0.3, -0.25) is 38.4 Å². The summed E-state index contributed by atoms with van der Waals surface area (Å²) in [7, 11) is 0. The Balaban J connectivity index is -0.000000312. The molecule has 3 aliphatic rings. The van der Waals surface area contributed by atoms with Crippen molar-refractivity contribution in [2.24, 2.45) is 5.92 Å². The van der Waals surface area contributed by atoms with Crippen molar-refractivity contribution in [3.05, 3.63) is 212 Å². The summed E-state index contributed by atoms with van der Waals surface area (Å²) in [6.45, 7) is 18.7. The first-order chi connectivity index (χ1) is 43.7.